The van der Waals surface area contributed by atoms with Crippen molar-refractivity contribution in [3.05, 3.63) is 23.0 Å². The molecular weight excluding hydrogens is 150 g/mol. The Hall–Kier alpha value is -1.27. The summed E-state index contributed by atoms with van der Waals surface area (Å²) in [7, 11) is 0. The van der Waals surface area contributed by atoms with E-state index in [0.29, 0.717) is 5.69 Å². The highest BCUT2D eigenvalue weighted by atomic mass is 35.5. The molecule has 0 spiro atoms. The van der Waals surface area contributed by atoms with Gasteiger partial charge in [-0.3, -0.25) is 0 Å². The fourth-order valence-corrected chi connectivity index (χ4v) is 0.661. The van der Waals surface area contributed by atoms with Crippen molar-refractivity contribution in [2.24, 2.45) is 0 Å². The van der Waals surface area contributed by atoms with E-state index < -0.39 is 0 Å². The number of aromatic nitrogens is 1. The summed E-state index contributed by atoms with van der Waals surface area (Å²) in [5.41, 5.74) is 6.01. The van der Waals surface area contributed by atoms with E-state index >= 15 is 0 Å². The third-order valence-electron chi connectivity index (χ3n) is 0.992. The smallest absolute Gasteiger partial charge is 0.153 e. The SMILES string of the molecule is N#Cc1ccc(N)c(Cl)n1. The summed E-state index contributed by atoms with van der Waals surface area (Å²) < 4.78 is 0. The Morgan fingerprint density at radius 1 is 1.60 bits per heavy atom. The van der Waals surface area contributed by atoms with Crippen LogP contribution < -0.4 is 5.73 Å². The molecular formula is C6H4ClN3. The van der Waals surface area contributed by atoms with Gasteiger partial charge in [-0.15, -0.1) is 0 Å². The fourth-order valence-electron chi connectivity index (χ4n) is 0.507. The van der Waals surface area contributed by atoms with E-state index in [-0.39, 0.29) is 10.8 Å². The Kier molecular flexibility index (Phi) is 1.74. The van der Waals surface area contributed by atoms with Crippen LogP contribution in [0.3, 0.4) is 0 Å². The number of rotatable bonds is 0. The lowest BCUT2D eigenvalue weighted by Crippen LogP contribution is -1.90. The lowest BCUT2D eigenvalue weighted by atomic mass is 10.3. The summed E-state index contributed by atoms with van der Waals surface area (Å²) in [6.45, 7) is 0. The molecule has 0 aliphatic heterocycles. The summed E-state index contributed by atoms with van der Waals surface area (Å²) in [6.07, 6.45) is 0. The van der Waals surface area contributed by atoms with Crippen LogP contribution in [0.25, 0.3) is 0 Å². The molecule has 1 heterocycles. The summed E-state index contributed by atoms with van der Waals surface area (Å²) >= 11 is 5.51. The maximum absolute atomic E-state index is 8.34. The molecule has 0 saturated heterocycles. The number of hydrogen-bond donors (Lipinski definition) is 1. The Morgan fingerprint density at radius 3 is 2.80 bits per heavy atom. The van der Waals surface area contributed by atoms with Crippen LogP contribution in [0.5, 0.6) is 0 Å². The van der Waals surface area contributed by atoms with Crippen LogP contribution in [0, 0.1) is 11.3 Å². The zero-order chi connectivity index (χ0) is 7.56. The highest BCUT2D eigenvalue weighted by Gasteiger charge is 1.97. The van der Waals surface area contributed by atoms with E-state index in [0.717, 1.165) is 0 Å². The van der Waals surface area contributed by atoms with Crippen molar-refractivity contribution >= 4 is 17.3 Å². The minimum Gasteiger partial charge on any atom is -0.396 e. The lowest BCUT2D eigenvalue weighted by Gasteiger charge is -1.93. The van der Waals surface area contributed by atoms with E-state index in [4.69, 9.17) is 22.6 Å². The van der Waals surface area contributed by atoms with Crippen LogP contribution in [0.1, 0.15) is 5.69 Å². The molecule has 1 aromatic heterocycles. The Morgan fingerprint density at radius 2 is 2.30 bits per heavy atom. The first-order valence-electron chi connectivity index (χ1n) is 2.56. The van der Waals surface area contributed by atoms with Crippen molar-refractivity contribution in [3.63, 3.8) is 0 Å². The Balaban J connectivity index is 3.20. The highest BCUT2D eigenvalue weighted by molar-refractivity contribution is 6.31. The average Bonchev–Trinajstić information content (AvgIpc) is 1.95. The average molecular weight is 154 g/mol. The van der Waals surface area contributed by atoms with Gasteiger partial charge in [0.05, 0.1) is 5.69 Å². The van der Waals surface area contributed by atoms with Crippen LogP contribution in [0.15, 0.2) is 12.1 Å². The molecule has 10 heavy (non-hydrogen) atoms. The summed E-state index contributed by atoms with van der Waals surface area (Å²) in [4.78, 5) is 3.67. The van der Waals surface area contributed by atoms with Gasteiger partial charge in [0.25, 0.3) is 0 Å². The second-order valence-electron chi connectivity index (χ2n) is 1.69. The molecule has 2 N–H and O–H groups in total. The van der Waals surface area contributed by atoms with E-state index in [2.05, 4.69) is 4.98 Å². The molecule has 0 unspecified atom stereocenters. The van der Waals surface area contributed by atoms with Crippen LogP contribution in [-0.4, -0.2) is 4.98 Å². The van der Waals surface area contributed by atoms with Crippen molar-refractivity contribution < 1.29 is 0 Å². The van der Waals surface area contributed by atoms with Crippen molar-refractivity contribution in [1.82, 2.24) is 4.98 Å². The second kappa shape index (κ2) is 2.54. The standard InChI is InChI=1S/C6H4ClN3/c7-6-5(9)2-1-4(3-8)10-6/h1-2H,9H2. The third-order valence-corrected chi connectivity index (χ3v) is 1.29. The fraction of sp³-hybridized carbons (Fsp3) is 0. The first-order valence-corrected chi connectivity index (χ1v) is 2.94. The van der Waals surface area contributed by atoms with Gasteiger partial charge < -0.3 is 5.73 Å². The molecule has 0 saturated carbocycles. The molecule has 0 aliphatic rings. The van der Waals surface area contributed by atoms with Crippen LogP contribution in [-0.2, 0) is 0 Å². The summed E-state index contributed by atoms with van der Waals surface area (Å²) in [5, 5.41) is 8.52. The number of nitriles is 1. The topological polar surface area (TPSA) is 62.7 Å². The Bertz CT molecular complexity index is 290. The van der Waals surface area contributed by atoms with Gasteiger partial charge >= 0.3 is 0 Å². The number of anilines is 1. The largest absolute Gasteiger partial charge is 0.396 e. The van der Waals surface area contributed by atoms with Gasteiger partial charge in [-0.05, 0) is 12.1 Å². The maximum atomic E-state index is 8.34. The van der Waals surface area contributed by atoms with Gasteiger partial charge in [0.15, 0.2) is 5.15 Å². The van der Waals surface area contributed by atoms with Gasteiger partial charge in [-0.2, -0.15) is 5.26 Å². The van der Waals surface area contributed by atoms with Gasteiger partial charge in [0.1, 0.15) is 11.8 Å². The van der Waals surface area contributed by atoms with Crippen molar-refractivity contribution in [1.29, 1.82) is 5.26 Å². The molecule has 1 aromatic rings. The van der Waals surface area contributed by atoms with E-state index in [1.807, 2.05) is 6.07 Å². The quantitative estimate of drug-likeness (QED) is 0.570. The number of hydrogen-bond acceptors (Lipinski definition) is 3. The van der Waals surface area contributed by atoms with Crippen molar-refractivity contribution in [2.45, 2.75) is 0 Å². The number of nitrogen functional groups attached to an aromatic ring is 1. The molecule has 3 nitrogen and oxygen atoms in total. The zero-order valence-corrected chi connectivity index (χ0v) is 5.76. The van der Waals surface area contributed by atoms with E-state index in [1.165, 1.54) is 6.07 Å². The lowest BCUT2D eigenvalue weighted by molar-refractivity contribution is 1.27. The minimum atomic E-state index is 0.180. The third kappa shape index (κ3) is 1.17. The molecule has 0 atom stereocenters. The first-order chi connectivity index (χ1) is 4.74. The molecule has 0 aliphatic carbocycles. The van der Waals surface area contributed by atoms with Crippen molar-refractivity contribution in [3.8, 4) is 6.07 Å². The molecule has 0 radical (unpaired) electrons. The van der Waals surface area contributed by atoms with Gasteiger partial charge in [0.2, 0.25) is 0 Å². The van der Waals surface area contributed by atoms with E-state index in [1.54, 1.807) is 6.07 Å². The van der Waals surface area contributed by atoms with Crippen LogP contribution in [0.2, 0.25) is 5.15 Å². The number of nitrogens with zero attached hydrogens (tertiary/aromatic N) is 2. The number of nitrogens with two attached hydrogens (primary N) is 1. The van der Waals surface area contributed by atoms with Crippen LogP contribution >= 0.6 is 11.6 Å². The number of halogens is 1. The first kappa shape index (κ1) is 6.84. The van der Waals surface area contributed by atoms with Gasteiger partial charge in [0, 0.05) is 0 Å². The predicted molar refractivity (Wildman–Crippen MR) is 38.4 cm³/mol. The minimum absolute atomic E-state index is 0.180. The predicted octanol–water partition coefficient (Wildman–Crippen LogP) is 1.19. The molecule has 1 rings (SSSR count). The maximum Gasteiger partial charge on any atom is 0.153 e. The Labute approximate surface area is 63.1 Å². The molecule has 0 aromatic carbocycles. The summed E-state index contributed by atoms with van der Waals surface area (Å²) in [6, 6.07) is 4.91. The normalized spacial score (nSPS) is 8.80. The van der Waals surface area contributed by atoms with Gasteiger partial charge in [-0.1, -0.05) is 11.6 Å². The molecule has 50 valence electrons. The zero-order valence-electron chi connectivity index (χ0n) is 5.00. The van der Waals surface area contributed by atoms with Gasteiger partial charge in [-0.25, -0.2) is 4.98 Å². The molecule has 0 amide bonds. The molecule has 4 heteroatoms. The highest BCUT2D eigenvalue weighted by Crippen LogP contribution is 2.14. The monoisotopic (exact) mass is 153 g/mol. The molecule has 0 bridgehead atoms. The molecule has 0 fully saturated rings. The van der Waals surface area contributed by atoms with Crippen LogP contribution in [0.4, 0.5) is 5.69 Å². The second-order valence-corrected chi connectivity index (χ2v) is 2.05. The van der Waals surface area contributed by atoms with E-state index in [9.17, 15) is 0 Å². The number of pyridine rings is 1. The summed E-state index contributed by atoms with van der Waals surface area (Å²) in [5.74, 6) is 0. The van der Waals surface area contributed by atoms with Crippen molar-refractivity contribution in [2.75, 3.05) is 5.73 Å².